The molecule has 1 fully saturated rings. The van der Waals surface area contributed by atoms with E-state index in [1.54, 1.807) is 0 Å². The van der Waals surface area contributed by atoms with Gasteiger partial charge in [-0.2, -0.15) is 0 Å². The molecule has 2 unspecified atom stereocenters. The summed E-state index contributed by atoms with van der Waals surface area (Å²) in [6.07, 6.45) is 2.74. The van der Waals surface area contributed by atoms with E-state index in [-0.39, 0.29) is 23.5 Å². The van der Waals surface area contributed by atoms with Crippen molar-refractivity contribution in [1.29, 1.82) is 0 Å². The second-order valence-electron chi connectivity index (χ2n) is 5.62. The molecule has 0 aromatic heterocycles. The lowest BCUT2D eigenvalue weighted by Crippen LogP contribution is -2.41. The molecule has 94 valence electrons. The number of rotatable bonds is 4. The average molecular weight is 228 g/mol. The molecule has 0 bridgehead atoms. The molecule has 4 heteroatoms. The zero-order chi connectivity index (χ0) is 12.2. The minimum absolute atomic E-state index is 0.0259. The van der Waals surface area contributed by atoms with Gasteiger partial charge in [0.1, 0.15) is 0 Å². The number of hydrogen-bond donors (Lipinski definition) is 2. The number of nitrogens with one attached hydrogen (secondary N) is 1. The van der Waals surface area contributed by atoms with Crippen molar-refractivity contribution in [2.75, 3.05) is 13.2 Å². The molecule has 1 aliphatic heterocycles. The third-order valence-electron chi connectivity index (χ3n) is 3.07. The van der Waals surface area contributed by atoms with Gasteiger partial charge in [-0.25, -0.2) is 0 Å². The minimum Gasteiger partial charge on any atom is -0.376 e. The number of amides is 1. The van der Waals surface area contributed by atoms with Gasteiger partial charge in [-0.05, 0) is 18.3 Å². The van der Waals surface area contributed by atoms with Gasteiger partial charge in [0, 0.05) is 25.6 Å². The van der Waals surface area contributed by atoms with Crippen LogP contribution in [0.1, 0.15) is 40.0 Å². The second kappa shape index (κ2) is 5.64. The van der Waals surface area contributed by atoms with E-state index in [1.807, 2.05) is 20.8 Å². The summed E-state index contributed by atoms with van der Waals surface area (Å²) in [5.41, 5.74) is 5.92. The SMILES string of the molecule is CC(C)(C)C(N)CC(=O)NCC1CCCO1. The van der Waals surface area contributed by atoms with E-state index < -0.39 is 0 Å². The molecule has 0 aromatic rings. The first-order valence-electron chi connectivity index (χ1n) is 6.03. The number of ether oxygens (including phenoxy) is 1. The van der Waals surface area contributed by atoms with Crippen LogP contribution < -0.4 is 11.1 Å². The van der Waals surface area contributed by atoms with Crippen molar-refractivity contribution >= 4 is 5.91 Å². The molecule has 1 rings (SSSR count). The molecule has 16 heavy (non-hydrogen) atoms. The largest absolute Gasteiger partial charge is 0.376 e. The molecule has 0 aromatic carbocycles. The van der Waals surface area contributed by atoms with Gasteiger partial charge in [0.05, 0.1) is 6.10 Å². The molecule has 0 saturated carbocycles. The molecule has 1 aliphatic rings. The molecule has 4 nitrogen and oxygen atoms in total. The van der Waals surface area contributed by atoms with E-state index in [9.17, 15) is 4.79 Å². The molecular formula is C12H24N2O2. The van der Waals surface area contributed by atoms with Gasteiger partial charge in [-0.3, -0.25) is 4.79 Å². The van der Waals surface area contributed by atoms with Gasteiger partial charge in [0.15, 0.2) is 0 Å². The summed E-state index contributed by atoms with van der Waals surface area (Å²) in [7, 11) is 0. The van der Waals surface area contributed by atoms with Crippen molar-refractivity contribution in [2.45, 2.75) is 52.2 Å². The van der Waals surface area contributed by atoms with Gasteiger partial charge < -0.3 is 15.8 Å². The van der Waals surface area contributed by atoms with Crippen LogP contribution in [0, 0.1) is 5.41 Å². The van der Waals surface area contributed by atoms with Gasteiger partial charge in [-0.1, -0.05) is 20.8 Å². The Kier molecular flexibility index (Phi) is 4.74. The Morgan fingerprint density at radius 3 is 2.75 bits per heavy atom. The minimum atomic E-state index is -0.100. The fourth-order valence-electron chi connectivity index (χ4n) is 1.61. The highest BCUT2D eigenvalue weighted by Gasteiger charge is 2.23. The van der Waals surface area contributed by atoms with E-state index >= 15 is 0 Å². The zero-order valence-electron chi connectivity index (χ0n) is 10.6. The lowest BCUT2D eigenvalue weighted by Gasteiger charge is -2.26. The molecule has 0 radical (unpaired) electrons. The van der Waals surface area contributed by atoms with Crippen molar-refractivity contribution in [3.8, 4) is 0 Å². The van der Waals surface area contributed by atoms with E-state index in [0.29, 0.717) is 13.0 Å². The summed E-state index contributed by atoms with van der Waals surface area (Å²) < 4.78 is 5.43. The van der Waals surface area contributed by atoms with Crippen LogP contribution in [0.3, 0.4) is 0 Å². The van der Waals surface area contributed by atoms with E-state index in [2.05, 4.69) is 5.32 Å². The Bertz CT molecular complexity index is 230. The van der Waals surface area contributed by atoms with Gasteiger partial charge >= 0.3 is 0 Å². The van der Waals surface area contributed by atoms with Crippen LogP contribution in [-0.4, -0.2) is 31.2 Å². The Morgan fingerprint density at radius 1 is 1.56 bits per heavy atom. The molecule has 1 heterocycles. The highest BCUT2D eigenvalue weighted by Crippen LogP contribution is 2.19. The molecule has 0 aliphatic carbocycles. The second-order valence-corrected chi connectivity index (χ2v) is 5.62. The Morgan fingerprint density at radius 2 is 2.25 bits per heavy atom. The number of carbonyl (C=O) groups is 1. The zero-order valence-corrected chi connectivity index (χ0v) is 10.6. The number of nitrogens with two attached hydrogens (primary N) is 1. The monoisotopic (exact) mass is 228 g/mol. The molecule has 0 spiro atoms. The Hall–Kier alpha value is -0.610. The van der Waals surface area contributed by atoms with Crippen LogP contribution in [0.4, 0.5) is 0 Å². The third-order valence-corrected chi connectivity index (χ3v) is 3.07. The maximum atomic E-state index is 11.6. The first-order valence-corrected chi connectivity index (χ1v) is 6.03. The highest BCUT2D eigenvalue weighted by molar-refractivity contribution is 5.76. The first-order chi connectivity index (χ1) is 7.39. The lowest BCUT2D eigenvalue weighted by atomic mass is 9.85. The van der Waals surface area contributed by atoms with Crippen molar-refractivity contribution < 1.29 is 9.53 Å². The van der Waals surface area contributed by atoms with Crippen molar-refractivity contribution in [2.24, 2.45) is 11.1 Å². The summed E-state index contributed by atoms with van der Waals surface area (Å²) in [6.45, 7) is 7.58. The normalized spacial score (nSPS) is 23.1. The fourth-order valence-corrected chi connectivity index (χ4v) is 1.61. The number of carbonyl (C=O) groups excluding carboxylic acids is 1. The molecule has 3 N–H and O–H groups in total. The summed E-state index contributed by atoms with van der Waals surface area (Å²) in [5.74, 6) is 0.0259. The lowest BCUT2D eigenvalue weighted by molar-refractivity contribution is -0.122. The highest BCUT2D eigenvalue weighted by atomic mass is 16.5. The van der Waals surface area contributed by atoms with Crippen LogP contribution >= 0.6 is 0 Å². The summed E-state index contributed by atoms with van der Waals surface area (Å²) in [5, 5.41) is 2.88. The van der Waals surface area contributed by atoms with Crippen LogP contribution in [0.15, 0.2) is 0 Å². The summed E-state index contributed by atoms with van der Waals surface area (Å²) in [4.78, 5) is 11.6. The third kappa shape index (κ3) is 4.49. The van der Waals surface area contributed by atoms with Crippen LogP contribution in [0.2, 0.25) is 0 Å². The Balaban J connectivity index is 2.20. The van der Waals surface area contributed by atoms with E-state index in [4.69, 9.17) is 10.5 Å². The number of hydrogen-bond acceptors (Lipinski definition) is 3. The molecule has 1 amide bonds. The topological polar surface area (TPSA) is 64.4 Å². The molecular weight excluding hydrogens is 204 g/mol. The maximum Gasteiger partial charge on any atom is 0.221 e. The van der Waals surface area contributed by atoms with Crippen LogP contribution in [0.25, 0.3) is 0 Å². The Labute approximate surface area is 97.9 Å². The molecule has 1 saturated heterocycles. The van der Waals surface area contributed by atoms with Gasteiger partial charge in [0.2, 0.25) is 5.91 Å². The van der Waals surface area contributed by atoms with Gasteiger partial charge in [0.25, 0.3) is 0 Å². The quantitative estimate of drug-likeness (QED) is 0.756. The van der Waals surface area contributed by atoms with Crippen molar-refractivity contribution in [3.63, 3.8) is 0 Å². The van der Waals surface area contributed by atoms with Crippen molar-refractivity contribution in [1.82, 2.24) is 5.32 Å². The van der Waals surface area contributed by atoms with Crippen LogP contribution in [-0.2, 0) is 9.53 Å². The maximum absolute atomic E-state index is 11.6. The fraction of sp³-hybridized carbons (Fsp3) is 0.917. The predicted octanol–water partition coefficient (Wildman–Crippen LogP) is 1.05. The first kappa shape index (κ1) is 13.5. The van der Waals surface area contributed by atoms with Gasteiger partial charge in [-0.15, -0.1) is 0 Å². The summed E-state index contributed by atoms with van der Waals surface area (Å²) in [6, 6.07) is -0.100. The smallest absolute Gasteiger partial charge is 0.221 e. The van der Waals surface area contributed by atoms with E-state index in [1.165, 1.54) is 0 Å². The van der Waals surface area contributed by atoms with Crippen molar-refractivity contribution in [3.05, 3.63) is 0 Å². The summed E-state index contributed by atoms with van der Waals surface area (Å²) >= 11 is 0. The standard InChI is InChI=1S/C12H24N2O2/c1-12(2,3)10(13)7-11(15)14-8-9-5-4-6-16-9/h9-10H,4-8,13H2,1-3H3,(H,14,15). The van der Waals surface area contributed by atoms with E-state index in [0.717, 1.165) is 19.4 Å². The predicted molar refractivity (Wildman–Crippen MR) is 64.0 cm³/mol. The average Bonchev–Trinajstić information content (AvgIpc) is 2.65. The van der Waals surface area contributed by atoms with Crippen LogP contribution in [0.5, 0.6) is 0 Å². The molecule has 2 atom stereocenters.